The van der Waals surface area contributed by atoms with E-state index in [1.54, 1.807) is 0 Å². The highest BCUT2D eigenvalue weighted by Crippen LogP contribution is 2.28. The molecule has 20 heavy (non-hydrogen) atoms. The van der Waals surface area contributed by atoms with E-state index in [1.165, 1.54) is 12.8 Å². The van der Waals surface area contributed by atoms with E-state index in [4.69, 9.17) is 5.11 Å². The zero-order valence-corrected chi connectivity index (χ0v) is 12.5. The second kappa shape index (κ2) is 6.55. The number of hydrogen-bond acceptors (Lipinski definition) is 6. The topological polar surface area (TPSA) is 91.5 Å². The van der Waals surface area contributed by atoms with Crippen LogP contribution in [0.25, 0.3) is 0 Å². The number of carboxylic acids is 1. The zero-order chi connectivity index (χ0) is 14.7. The molecule has 0 saturated heterocycles. The molecule has 1 fully saturated rings. The first-order valence-corrected chi connectivity index (χ1v) is 7.61. The van der Waals surface area contributed by atoms with E-state index in [0.717, 1.165) is 11.8 Å². The van der Waals surface area contributed by atoms with Crippen LogP contribution < -0.4 is 0 Å². The number of aliphatic hydroxyl groups is 1. The van der Waals surface area contributed by atoms with Gasteiger partial charge in [0.2, 0.25) is 0 Å². The number of likely N-dealkylation sites (N-methyl/N-ethyl adjacent to an activating group) is 1. The third kappa shape index (κ3) is 3.71. The first kappa shape index (κ1) is 15.3. The molecule has 8 heteroatoms. The van der Waals surface area contributed by atoms with E-state index in [1.807, 2.05) is 4.57 Å². The van der Waals surface area contributed by atoms with Crippen molar-refractivity contribution in [3.05, 3.63) is 5.82 Å². The first-order valence-electron chi connectivity index (χ1n) is 6.62. The summed E-state index contributed by atoms with van der Waals surface area (Å²) in [5.74, 6) is -0.469. The predicted molar refractivity (Wildman–Crippen MR) is 74.6 cm³/mol. The highest BCUT2D eigenvalue weighted by molar-refractivity contribution is 7.99. The van der Waals surface area contributed by atoms with Gasteiger partial charge in [-0.05, 0) is 26.8 Å². The van der Waals surface area contributed by atoms with Gasteiger partial charge in [-0.25, -0.2) is 0 Å². The van der Waals surface area contributed by atoms with Gasteiger partial charge in [0.25, 0.3) is 0 Å². The SMILES string of the molecule is CC(Cn1c(CO)nnc1SCC(=O)O)N(C)C1CC1. The molecule has 0 spiro atoms. The maximum Gasteiger partial charge on any atom is 0.313 e. The molecule has 1 heterocycles. The fourth-order valence-electron chi connectivity index (χ4n) is 2.09. The molecule has 7 nitrogen and oxygen atoms in total. The largest absolute Gasteiger partial charge is 0.481 e. The predicted octanol–water partition coefficient (Wildman–Crippen LogP) is 0.430. The molecule has 0 aliphatic heterocycles. The van der Waals surface area contributed by atoms with E-state index in [2.05, 4.69) is 29.1 Å². The Bertz CT molecular complexity index is 475. The van der Waals surface area contributed by atoms with Crippen LogP contribution in [0.2, 0.25) is 0 Å². The summed E-state index contributed by atoms with van der Waals surface area (Å²) in [7, 11) is 2.09. The molecule has 1 unspecified atom stereocenters. The molecule has 0 bridgehead atoms. The number of aliphatic carboxylic acids is 1. The molecule has 1 saturated carbocycles. The van der Waals surface area contributed by atoms with Crippen molar-refractivity contribution in [3.63, 3.8) is 0 Å². The number of carboxylic acid groups (broad SMARTS) is 1. The lowest BCUT2D eigenvalue weighted by Crippen LogP contribution is -2.35. The van der Waals surface area contributed by atoms with Gasteiger partial charge < -0.3 is 14.8 Å². The van der Waals surface area contributed by atoms with Crippen molar-refractivity contribution in [2.45, 2.75) is 50.2 Å². The van der Waals surface area contributed by atoms with Crippen molar-refractivity contribution in [2.75, 3.05) is 12.8 Å². The normalized spacial score (nSPS) is 16.6. The standard InChI is InChI=1S/C12H20N4O3S/c1-8(15(2)9-3-4-9)5-16-10(6-17)13-14-12(16)20-7-11(18)19/h8-9,17H,3-7H2,1-2H3,(H,18,19). The minimum atomic E-state index is -0.891. The third-order valence-corrected chi connectivity index (χ3v) is 4.48. The maximum absolute atomic E-state index is 10.7. The zero-order valence-electron chi connectivity index (χ0n) is 11.7. The van der Waals surface area contributed by atoms with Crippen molar-refractivity contribution in [2.24, 2.45) is 0 Å². The van der Waals surface area contributed by atoms with Crippen LogP contribution in [0.15, 0.2) is 5.16 Å². The molecule has 1 aliphatic carbocycles. The summed E-state index contributed by atoms with van der Waals surface area (Å²) in [6, 6.07) is 0.933. The van der Waals surface area contributed by atoms with Gasteiger partial charge in [0.05, 0.1) is 5.75 Å². The van der Waals surface area contributed by atoms with Crippen LogP contribution >= 0.6 is 11.8 Å². The molecule has 1 atom stereocenters. The highest BCUT2D eigenvalue weighted by Gasteiger charge is 2.30. The van der Waals surface area contributed by atoms with Gasteiger partial charge in [0.1, 0.15) is 6.61 Å². The lowest BCUT2D eigenvalue weighted by atomic mass is 10.3. The smallest absolute Gasteiger partial charge is 0.313 e. The fourth-order valence-corrected chi connectivity index (χ4v) is 2.77. The molecular formula is C12H20N4O3S. The summed E-state index contributed by atoms with van der Waals surface area (Å²) in [6.45, 7) is 2.57. The van der Waals surface area contributed by atoms with Gasteiger partial charge >= 0.3 is 5.97 Å². The van der Waals surface area contributed by atoms with Crippen LogP contribution in [-0.2, 0) is 17.9 Å². The highest BCUT2D eigenvalue weighted by atomic mass is 32.2. The Balaban J connectivity index is 2.06. The van der Waals surface area contributed by atoms with E-state index in [9.17, 15) is 9.90 Å². The van der Waals surface area contributed by atoms with Crippen molar-refractivity contribution < 1.29 is 15.0 Å². The monoisotopic (exact) mass is 300 g/mol. The molecule has 2 rings (SSSR count). The van der Waals surface area contributed by atoms with Crippen LogP contribution in [0, 0.1) is 0 Å². The number of aromatic nitrogens is 3. The summed E-state index contributed by atoms with van der Waals surface area (Å²) < 4.78 is 1.82. The fraction of sp³-hybridized carbons (Fsp3) is 0.750. The van der Waals surface area contributed by atoms with Crippen LogP contribution in [0.1, 0.15) is 25.6 Å². The van der Waals surface area contributed by atoms with Crippen molar-refractivity contribution in [1.29, 1.82) is 0 Å². The number of nitrogens with zero attached hydrogens (tertiary/aromatic N) is 4. The Labute approximate surface area is 122 Å². The number of carbonyl (C=O) groups is 1. The van der Waals surface area contributed by atoms with Crippen molar-refractivity contribution >= 4 is 17.7 Å². The Morgan fingerprint density at radius 3 is 2.80 bits per heavy atom. The molecule has 2 N–H and O–H groups in total. The molecule has 1 aliphatic rings. The quantitative estimate of drug-likeness (QED) is 0.673. The first-order chi connectivity index (χ1) is 9.52. The van der Waals surface area contributed by atoms with Crippen molar-refractivity contribution in [3.8, 4) is 0 Å². The minimum Gasteiger partial charge on any atom is -0.481 e. The molecule has 0 aromatic carbocycles. The molecule has 0 amide bonds. The van der Waals surface area contributed by atoms with E-state index >= 15 is 0 Å². The summed E-state index contributed by atoms with van der Waals surface area (Å²) in [6.07, 6.45) is 2.47. The van der Waals surface area contributed by atoms with Gasteiger partial charge in [-0.3, -0.25) is 9.69 Å². The Hall–Kier alpha value is -1.12. The maximum atomic E-state index is 10.7. The van der Waals surface area contributed by atoms with Gasteiger partial charge in [-0.1, -0.05) is 11.8 Å². The van der Waals surface area contributed by atoms with Gasteiger partial charge in [0.15, 0.2) is 11.0 Å². The summed E-state index contributed by atoms with van der Waals surface area (Å²) in [4.78, 5) is 13.0. The molecule has 1 aromatic rings. The van der Waals surface area contributed by atoms with E-state index in [0.29, 0.717) is 23.6 Å². The molecule has 0 radical (unpaired) electrons. The van der Waals surface area contributed by atoms with Gasteiger partial charge in [0, 0.05) is 18.6 Å². The van der Waals surface area contributed by atoms with Crippen LogP contribution in [0.3, 0.4) is 0 Å². The van der Waals surface area contributed by atoms with E-state index < -0.39 is 5.97 Å². The minimum absolute atomic E-state index is 0.0591. The second-order valence-corrected chi connectivity index (χ2v) is 6.04. The lowest BCUT2D eigenvalue weighted by Gasteiger charge is -2.25. The van der Waals surface area contributed by atoms with Gasteiger partial charge in [-0.15, -0.1) is 10.2 Å². The Morgan fingerprint density at radius 2 is 2.25 bits per heavy atom. The van der Waals surface area contributed by atoms with Crippen LogP contribution in [0.5, 0.6) is 0 Å². The van der Waals surface area contributed by atoms with Crippen LogP contribution in [-0.4, -0.2) is 60.7 Å². The molecule has 112 valence electrons. The van der Waals surface area contributed by atoms with Crippen LogP contribution in [0.4, 0.5) is 0 Å². The Morgan fingerprint density at radius 1 is 1.55 bits per heavy atom. The summed E-state index contributed by atoms with van der Waals surface area (Å²) in [5.41, 5.74) is 0. The Kier molecular flexibility index (Phi) is 5.00. The average molecular weight is 300 g/mol. The molecular weight excluding hydrogens is 280 g/mol. The number of aliphatic hydroxyl groups excluding tert-OH is 1. The second-order valence-electron chi connectivity index (χ2n) is 5.10. The summed E-state index contributed by atoms with van der Waals surface area (Å²) >= 11 is 1.13. The average Bonchev–Trinajstić information content (AvgIpc) is 3.18. The lowest BCUT2D eigenvalue weighted by molar-refractivity contribution is -0.133. The van der Waals surface area contributed by atoms with Crippen molar-refractivity contribution in [1.82, 2.24) is 19.7 Å². The number of thioether (sulfide) groups is 1. The number of hydrogen-bond donors (Lipinski definition) is 2. The number of rotatable bonds is 8. The molecule has 1 aromatic heterocycles. The third-order valence-electron chi connectivity index (χ3n) is 3.52. The van der Waals surface area contributed by atoms with E-state index in [-0.39, 0.29) is 18.4 Å². The summed E-state index contributed by atoms with van der Waals surface area (Å²) in [5, 5.41) is 26.5. The van der Waals surface area contributed by atoms with Gasteiger partial charge in [-0.2, -0.15) is 0 Å².